The van der Waals surface area contributed by atoms with E-state index in [9.17, 15) is 19.3 Å². The van der Waals surface area contributed by atoms with Gasteiger partial charge in [0.05, 0.1) is 11.5 Å². The summed E-state index contributed by atoms with van der Waals surface area (Å²) in [5, 5.41) is 21.5. The van der Waals surface area contributed by atoms with Crippen molar-refractivity contribution >= 4 is 17.4 Å². The number of nitrogens with zero attached hydrogens (tertiary/aromatic N) is 5. The summed E-state index contributed by atoms with van der Waals surface area (Å²) >= 11 is 0. The zero-order chi connectivity index (χ0) is 19.6. The molecule has 9 nitrogen and oxygen atoms in total. The minimum atomic E-state index is -1.18. The molecule has 2 heterocycles. The summed E-state index contributed by atoms with van der Waals surface area (Å²) in [7, 11) is 0. The van der Waals surface area contributed by atoms with Crippen LogP contribution in [0.1, 0.15) is 19.4 Å². The second kappa shape index (κ2) is 6.98. The van der Waals surface area contributed by atoms with Gasteiger partial charge in [0.25, 0.3) is 5.91 Å². The maximum absolute atomic E-state index is 13.7. The molecule has 0 aliphatic rings. The molecule has 0 unspecified atom stereocenters. The molecule has 0 saturated heterocycles. The van der Waals surface area contributed by atoms with Crippen molar-refractivity contribution < 1.29 is 14.1 Å². The van der Waals surface area contributed by atoms with Gasteiger partial charge >= 0.3 is 5.69 Å². The first-order chi connectivity index (χ1) is 12.8. The number of rotatable bonds is 6. The second-order valence-corrected chi connectivity index (χ2v) is 6.40. The van der Waals surface area contributed by atoms with Gasteiger partial charge in [0, 0.05) is 17.8 Å². The Morgan fingerprint density at radius 1 is 1.33 bits per heavy atom. The predicted octanol–water partition coefficient (Wildman–Crippen LogP) is 2.55. The first-order valence-electron chi connectivity index (χ1n) is 8.05. The lowest BCUT2D eigenvalue weighted by Crippen LogP contribution is -2.40. The summed E-state index contributed by atoms with van der Waals surface area (Å²) in [6.45, 7) is 3.38. The van der Waals surface area contributed by atoms with Crippen molar-refractivity contribution in [2.75, 3.05) is 5.32 Å². The third-order valence-electron chi connectivity index (χ3n) is 4.08. The molecule has 27 heavy (non-hydrogen) atoms. The van der Waals surface area contributed by atoms with Gasteiger partial charge < -0.3 is 5.32 Å². The number of nitrogens with one attached hydrogen (secondary N) is 1. The molecule has 0 bridgehead atoms. The number of carbonyl (C=O) groups is 1. The van der Waals surface area contributed by atoms with E-state index in [1.54, 1.807) is 44.3 Å². The minimum absolute atomic E-state index is 0.204. The summed E-state index contributed by atoms with van der Waals surface area (Å²) < 4.78 is 16.4. The molecule has 3 rings (SSSR count). The highest BCUT2D eigenvalue weighted by Crippen LogP contribution is 2.20. The molecule has 1 amide bonds. The Hall–Kier alpha value is -3.56. The molecule has 0 atom stereocenters. The van der Waals surface area contributed by atoms with E-state index in [1.807, 2.05) is 0 Å². The van der Waals surface area contributed by atoms with Gasteiger partial charge in [0.15, 0.2) is 5.82 Å². The maximum Gasteiger partial charge on any atom is 0.307 e. The standard InChI is InChI=1S/C17H17FN6O3/c1-17(2,23-11-13(9-19-23)24(26)27)16(25)20-15-7-8-22(21-15)10-12-5-3-4-6-14(12)18/h3-9,11H,10H2,1-2H3,(H,20,21,25). The fourth-order valence-electron chi connectivity index (χ4n) is 2.40. The van der Waals surface area contributed by atoms with Crippen molar-refractivity contribution in [1.29, 1.82) is 0 Å². The summed E-state index contributed by atoms with van der Waals surface area (Å²) in [6.07, 6.45) is 3.89. The zero-order valence-electron chi connectivity index (χ0n) is 14.7. The van der Waals surface area contributed by atoms with Crippen molar-refractivity contribution in [3.63, 3.8) is 0 Å². The van der Waals surface area contributed by atoms with E-state index in [4.69, 9.17) is 0 Å². The number of anilines is 1. The lowest BCUT2D eigenvalue weighted by atomic mass is 10.1. The van der Waals surface area contributed by atoms with Gasteiger partial charge in [-0.2, -0.15) is 10.2 Å². The number of amides is 1. The van der Waals surface area contributed by atoms with E-state index in [2.05, 4.69) is 15.5 Å². The highest BCUT2D eigenvalue weighted by molar-refractivity contribution is 5.95. The largest absolute Gasteiger partial charge is 0.307 e. The lowest BCUT2D eigenvalue weighted by molar-refractivity contribution is -0.385. The molecule has 0 spiro atoms. The molecule has 3 aromatic rings. The molecule has 0 radical (unpaired) electrons. The highest BCUT2D eigenvalue weighted by atomic mass is 19.1. The van der Waals surface area contributed by atoms with Crippen LogP contribution in [0.4, 0.5) is 15.9 Å². The number of halogens is 1. The Labute approximate surface area is 153 Å². The molecule has 0 fully saturated rings. The molecular formula is C17H17FN6O3. The Kier molecular flexibility index (Phi) is 4.72. The van der Waals surface area contributed by atoms with Crippen LogP contribution >= 0.6 is 0 Å². The molecule has 0 saturated carbocycles. The van der Waals surface area contributed by atoms with Gasteiger partial charge in [-0.25, -0.2) is 4.39 Å². The first kappa shape index (κ1) is 18.2. The number of benzene rings is 1. The van der Waals surface area contributed by atoms with Crippen LogP contribution in [0.3, 0.4) is 0 Å². The van der Waals surface area contributed by atoms with Gasteiger partial charge in [-0.1, -0.05) is 18.2 Å². The van der Waals surface area contributed by atoms with Gasteiger partial charge in [0.1, 0.15) is 23.7 Å². The topological polar surface area (TPSA) is 108 Å². The Balaban J connectivity index is 1.71. The molecule has 1 aromatic carbocycles. The lowest BCUT2D eigenvalue weighted by Gasteiger charge is -2.23. The molecule has 10 heteroatoms. The molecule has 0 aliphatic heterocycles. The Morgan fingerprint density at radius 2 is 2.07 bits per heavy atom. The first-order valence-corrected chi connectivity index (χ1v) is 8.05. The van der Waals surface area contributed by atoms with Crippen LogP contribution in [0, 0.1) is 15.9 Å². The Morgan fingerprint density at radius 3 is 2.74 bits per heavy atom. The molecule has 0 aliphatic carbocycles. The van der Waals surface area contributed by atoms with Crippen LogP contribution in [-0.4, -0.2) is 30.4 Å². The van der Waals surface area contributed by atoms with E-state index >= 15 is 0 Å². The minimum Gasteiger partial charge on any atom is -0.307 e. The van der Waals surface area contributed by atoms with Gasteiger partial charge in [0.2, 0.25) is 0 Å². The van der Waals surface area contributed by atoms with Gasteiger partial charge in [-0.3, -0.25) is 24.3 Å². The van der Waals surface area contributed by atoms with Crippen molar-refractivity contribution in [1.82, 2.24) is 19.6 Å². The predicted molar refractivity (Wildman–Crippen MR) is 94.6 cm³/mol. The normalized spacial score (nSPS) is 11.4. The molecule has 140 valence electrons. The second-order valence-electron chi connectivity index (χ2n) is 6.40. The highest BCUT2D eigenvalue weighted by Gasteiger charge is 2.32. The number of aromatic nitrogens is 4. The van der Waals surface area contributed by atoms with E-state index in [0.29, 0.717) is 5.56 Å². The summed E-state index contributed by atoms with van der Waals surface area (Å²) in [6, 6.07) is 7.95. The fourth-order valence-corrected chi connectivity index (χ4v) is 2.40. The summed E-state index contributed by atoms with van der Waals surface area (Å²) in [5.74, 6) is -0.497. The van der Waals surface area contributed by atoms with Crippen LogP contribution in [-0.2, 0) is 16.9 Å². The maximum atomic E-state index is 13.7. The number of hydrogen-bond donors (Lipinski definition) is 1. The van der Waals surface area contributed by atoms with Crippen LogP contribution in [0.2, 0.25) is 0 Å². The number of carbonyl (C=O) groups excluding carboxylic acids is 1. The SMILES string of the molecule is CC(C)(C(=O)Nc1ccn(Cc2ccccc2F)n1)n1cc([N+](=O)[O-])cn1. The average Bonchev–Trinajstić information content (AvgIpc) is 3.27. The quantitative estimate of drug-likeness (QED) is 0.528. The van der Waals surface area contributed by atoms with E-state index in [-0.39, 0.29) is 23.9 Å². The fraction of sp³-hybridized carbons (Fsp3) is 0.235. The molecular weight excluding hydrogens is 355 g/mol. The monoisotopic (exact) mass is 372 g/mol. The summed E-state index contributed by atoms with van der Waals surface area (Å²) in [5.41, 5.74) is -0.906. The number of hydrogen-bond acceptors (Lipinski definition) is 5. The third-order valence-corrected chi connectivity index (χ3v) is 4.08. The smallest absolute Gasteiger partial charge is 0.307 e. The van der Waals surface area contributed by atoms with E-state index in [1.165, 1.54) is 21.6 Å². The summed E-state index contributed by atoms with van der Waals surface area (Å²) in [4.78, 5) is 22.8. The number of nitro groups is 1. The molecule has 2 aromatic heterocycles. The van der Waals surface area contributed by atoms with Crippen molar-refractivity contribution in [3.8, 4) is 0 Å². The van der Waals surface area contributed by atoms with Crippen LogP contribution < -0.4 is 5.32 Å². The molecule has 1 N–H and O–H groups in total. The van der Waals surface area contributed by atoms with Crippen molar-refractivity contribution in [2.24, 2.45) is 0 Å². The third kappa shape index (κ3) is 3.84. The van der Waals surface area contributed by atoms with Gasteiger partial charge in [-0.15, -0.1) is 0 Å². The van der Waals surface area contributed by atoms with E-state index in [0.717, 1.165) is 6.20 Å². The van der Waals surface area contributed by atoms with Gasteiger partial charge in [-0.05, 0) is 19.9 Å². The van der Waals surface area contributed by atoms with E-state index < -0.39 is 16.4 Å². The van der Waals surface area contributed by atoms with Crippen molar-refractivity contribution in [2.45, 2.75) is 25.9 Å². The Bertz CT molecular complexity index is 994. The van der Waals surface area contributed by atoms with Crippen LogP contribution in [0.25, 0.3) is 0 Å². The van der Waals surface area contributed by atoms with Crippen LogP contribution in [0.5, 0.6) is 0 Å². The van der Waals surface area contributed by atoms with Crippen molar-refractivity contribution in [3.05, 3.63) is 70.4 Å². The zero-order valence-corrected chi connectivity index (χ0v) is 14.7. The van der Waals surface area contributed by atoms with Crippen LogP contribution in [0.15, 0.2) is 48.9 Å². The average molecular weight is 372 g/mol.